The monoisotopic (exact) mass is 288 g/mol. The van der Waals surface area contributed by atoms with Gasteiger partial charge in [-0.3, -0.25) is 4.79 Å². The molecular formula is C18H28N2O. The van der Waals surface area contributed by atoms with E-state index in [2.05, 4.69) is 39.1 Å². The Morgan fingerprint density at radius 2 is 2.10 bits per heavy atom. The molecule has 0 bridgehead atoms. The molecule has 1 N–H and O–H groups in total. The molecule has 3 heteroatoms. The van der Waals surface area contributed by atoms with Gasteiger partial charge in [0.2, 0.25) is 0 Å². The van der Waals surface area contributed by atoms with Crippen LogP contribution in [-0.2, 0) is 0 Å². The fraction of sp³-hybridized carbons (Fsp3) is 0.611. The standard InChI is InChI=1S/C18H28N2O/c1-6-19-15-7-8-16(13(2)11-15)17(21)20-10-9-14(12-20)18(3,4)5/h7-8,11,14,19H,6,9-10,12H2,1-5H3. The van der Waals surface area contributed by atoms with Crippen LogP contribution < -0.4 is 5.32 Å². The van der Waals surface area contributed by atoms with Gasteiger partial charge in [-0.2, -0.15) is 0 Å². The van der Waals surface area contributed by atoms with Gasteiger partial charge in [0.1, 0.15) is 0 Å². The maximum absolute atomic E-state index is 12.7. The molecule has 1 fully saturated rings. The first-order valence-electron chi connectivity index (χ1n) is 7.96. The Labute approximate surface area is 128 Å². The van der Waals surface area contributed by atoms with Crippen molar-refractivity contribution in [3.8, 4) is 0 Å². The summed E-state index contributed by atoms with van der Waals surface area (Å²) in [5.41, 5.74) is 3.25. The first-order chi connectivity index (χ1) is 9.82. The molecule has 1 aliphatic heterocycles. The summed E-state index contributed by atoms with van der Waals surface area (Å²) in [6.45, 7) is 13.6. The largest absolute Gasteiger partial charge is 0.385 e. The number of likely N-dealkylation sites (tertiary alicyclic amines) is 1. The van der Waals surface area contributed by atoms with Crippen molar-refractivity contribution in [3.63, 3.8) is 0 Å². The Morgan fingerprint density at radius 1 is 1.38 bits per heavy atom. The number of hydrogen-bond donors (Lipinski definition) is 1. The van der Waals surface area contributed by atoms with Gasteiger partial charge in [-0.05, 0) is 55.4 Å². The van der Waals surface area contributed by atoms with E-state index in [0.29, 0.717) is 5.92 Å². The lowest BCUT2D eigenvalue weighted by atomic mass is 9.80. The fourth-order valence-corrected chi connectivity index (χ4v) is 3.04. The molecule has 0 aromatic heterocycles. The average Bonchev–Trinajstić information content (AvgIpc) is 2.88. The molecule has 1 aromatic carbocycles. The molecule has 1 amide bonds. The second-order valence-electron chi connectivity index (χ2n) is 7.16. The molecule has 0 spiro atoms. The summed E-state index contributed by atoms with van der Waals surface area (Å²) in [6.07, 6.45) is 1.11. The molecule has 1 atom stereocenters. The number of benzene rings is 1. The number of nitrogens with zero attached hydrogens (tertiary/aromatic N) is 1. The van der Waals surface area contributed by atoms with Crippen molar-refractivity contribution < 1.29 is 4.79 Å². The number of carbonyl (C=O) groups is 1. The third-order valence-electron chi connectivity index (χ3n) is 4.54. The van der Waals surface area contributed by atoms with Gasteiger partial charge in [0, 0.05) is 30.9 Å². The normalized spacial score (nSPS) is 18.9. The Bertz CT molecular complexity index is 516. The number of hydrogen-bond acceptors (Lipinski definition) is 2. The topological polar surface area (TPSA) is 32.3 Å². The number of rotatable bonds is 3. The Morgan fingerprint density at radius 3 is 2.62 bits per heavy atom. The molecule has 21 heavy (non-hydrogen) atoms. The van der Waals surface area contributed by atoms with E-state index < -0.39 is 0 Å². The zero-order valence-corrected chi connectivity index (χ0v) is 14.0. The third kappa shape index (κ3) is 3.58. The molecule has 0 aliphatic carbocycles. The number of amides is 1. The van der Waals surface area contributed by atoms with Crippen molar-refractivity contribution in [2.75, 3.05) is 25.0 Å². The third-order valence-corrected chi connectivity index (χ3v) is 4.54. The highest BCUT2D eigenvalue weighted by Crippen LogP contribution is 2.34. The maximum Gasteiger partial charge on any atom is 0.254 e. The van der Waals surface area contributed by atoms with Crippen LogP contribution in [0.1, 0.15) is 50.0 Å². The van der Waals surface area contributed by atoms with E-state index in [0.717, 1.165) is 42.9 Å². The predicted molar refractivity (Wildman–Crippen MR) is 88.8 cm³/mol. The lowest BCUT2D eigenvalue weighted by Gasteiger charge is -2.27. The van der Waals surface area contributed by atoms with Crippen molar-refractivity contribution in [2.24, 2.45) is 11.3 Å². The quantitative estimate of drug-likeness (QED) is 0.914. The minimum Gasteiger partial charge on any atom is -0.385 e. The van der Waals surface area contributed by atoms with Gasteiger partial charge in [-0.25, -0.2) is 0 Å². The van der Waals surface area contributed by atoms with Gasteiger partial charge in [0.25, 0.3) is 5.91 Å². The molecule has 0 saturated carbocycles. The Kier molecular flexibility index (Phi) is 4.60. The van der Waals surface area contributed by atoms with Crippen LogP contribution in [0.2, 0.25) is 0 Å². The van der Waals surface area contributed by atoms with Crippen molar-refractivity contribution >= 4 is 11.6 Å². The molecule has 1 aromatic rings. The molecule has 0 radical (unpaired) electrons. The van der Waals surface area contributed by atoms with E-state index in [1.165, 1.54) is 0 Å². The van der Waals surface area contributed by atoms with E-state index in [1.54, 1.807) is 0 Å². The second kappa shape index (κ2) is 6.08. The van der Waals surface area contributed by atoms with E-state index >= 15 is 0 Å². The number of aryl methyl sites for hydroxylation is 1. The summed E-state index contributed by atoms with van der Waals surface area (Å²) >= 11 is 0. The molecule has 1 heterocycles. The van der Waals surface area contributed by atoms with E-state index in [-0.39, 0.29) is 11.3 Å². The highest BCUT2D eigenvalue weighted by molar-refractivity contribution is 5.96. The smallest absolute Gasteiger partial charge is 0.254 e. The van der Waals surface area contributed by atoms with Crippen LogP contribution in [-0.4, -0.2) is 30.4 Å². The minimum atomic E-state index is 0.183. The molecule has 116 valence electrons. The summed E-state index contributed by atoms with van der Waals surface area (Å²) in [7, 11) is 0. The maximum atomic E-state index is 12.7. The van der Waals surface area contributed by atoms with E-state index in [1.807, 2.05) is 24.0 Å². The van der Waals surface area contributed by atoms with Crippen molar-refractivity contribution in [2.45, 2.75) is 41.0 Å². The van der Waals surface area contributed by atoms with Crippen LogP contribution >= 0.6 is 0 Å². The Balaban J connectivity index is 2.11. The van der Waals surface area contributed by atoms with Gasteiger partial charge in [0.05, 0.1) is 0 Å². The predicted octanol–water partition coefficient (Wildman–Crippen LogP) is 3.94. The molecule has 3 nitrogen and oxygen atoms in total. The van der Waals surface area contributed by atoms with Gasteiger partial charge < -0.3 is 10.2 Å². The minimum absolute atomic E-state index is 0.183. The lowest BCUT2D eigenvalue weighted by Crippen LogP contribution is -2.31. The summed E-state index contributed by atoms with van der Waals surface area (Å²) in [6, 6.07) is 6.02. The van der Waals surface area contributed by atoms with Crippen molar-refractivity contribution in [3.05, 3.63) is 29.3 Å². The zero-order chi connectivity index (χ0) is 15.6. The second-order valence-corrected chi connectivity index (χ2v) is 7.16. The summed E-state index contributed by atoms with van der Waals surface area (Å²) in [4.78, 5) is 14.7. The van der Waals surface area contributed by atoms with Crippen molar-refractivity contribution in [1.29, 1.82) is 0 Å². The summed E-state index contributed by atoms with van der Waals surface area (Å²) in [5, 5.41) is 3.29. The molecule has 1 saturated heterocycles. The summed E-state index contributed by atoms with van der Waals surface area (Å²) < 4.78 is 0. The van der Waals surface area contributed by atoms with Crippen LogP contribution in [0.4, 0.5) is 5.69 Å². The molecule has 2 rings (SSSR count). The highest BCUT2D eigenvalue weighted by atomic mass is 16.2. The molecule has 1 aliphatic rings. The van der Waals surface area contributed by atoms with Crippen LogP contribution in [0.15, 0.2) is 18.2 Å². The molecular weight excluding hydrogens is 260 g/mol. The van der Waals surface area contributed by atoms with Crippen molar-refractivity contribution in [1.82, 2.24) is 4.90 Å². The van der Waals surface area contributed by atoms with Crippen LogP contribution in [0, 0.1) is 18.3 Å². The van der Waals surface area contributed by atoms with E-state index in [9.17, 15) is 4.79 Å². The zero-order valence-electron chi connectivity index (χ0n) is 14.0. The van der Waals surface area contributed by atoms with E-state index in [4.69, 9.17) is 0 Å². The first kappa shape index (κ1) is 15.9. The molecule has 1 unspecified atom stereocenters. The highest BCUT2D eigenvalue weighted by Gasteiger charge is 2.34. The van der Waals surface area contributed by atoms with Crippen LogP contribution in [0.3, 0.4) is 0 Å². The van der Waals surface area contributed by atoms with Gasteiger partial charge in [0.15, 0.2) is 0 Å². The van der Waals surface area contributed by atoms with Gasteiger partial charge in [-0.1, -0.05) is 20.8 Å². The Hall–Kier alpha value is -1.51. The SMILES string of the molecule is CCNc1ccc(C(=O)N2CCC(C(C)(C)C)C2)c(C)c1. The van der Waals surface area contributed by atoms with Gasteiger partial charge in [-0.15, -0.1) is 0 Å². The van der Waals surface area contributed by atoms with Gasteiger partial charge >= 0.3 is 0 Å². The summed E-state index contributed by atoms with van der Waals surface area (Å²) in [5.74, 6) is 0.782. The average molecular weight is 288 g/mol. The fourth-order valence-electron chi connectivity index (χ4n) is 3.04. The lowest BCUT2D eigenvalue weighted by molar-refractivity contribution is 0.0776. The number of anilines is 1. The van der Waals surface area contributed by atoms with Crippen LogP contribution in [0.5, 0.6) is 0 Å². The number of carbonyl (C=O) groups excluding carboxylic acids is 1. The number of nitrogens with one attached hydrogen (secondary N) is 1. The van der Waals surface area contributed by atoms with Crippen LogP contribution in [0.25, 0.3) is 0 Å². The first-order valence-corrected chi connectivity index (χ1v) is 7.96.